The fourth-order valence-electron chi connectivity index (χ4n) is 3.25. The normalized spacial score (nSPS) is 12.1. The third kappa shape index (κ3) is 3.84. The van der Waals surface area contributed by atoms with Crippen molar-refractivity contribution in [2.24, 2.45) is 0 Å². The van der Waals surface area contributed by atoms with Crippen molar-refractivity contribution in [3.8, 4) is 10.4 Å². The van der Waals surface area contributed by atoms with Crippen LogP contribution >= 0.6 is 11.3 Å². The molecule has 0 aliphatic carbocycles. The molecule has 0 saturated carbocycles. The number of nitrogens with zero attached hydrogens (tertiary/aromatic N) is 3. The Bertz CT molecular complexity index is 1200. The first kappa shape index (κ1) is 19.1. The topological polar surface area (TPSA) is 55.2 Å². The number of carbonyl (C=O) groups excluding carboxylic acids is 1. The molecule has 0 fully saturated rings. The molecule has 29 heavy (non-hydrogen) atoms. The number of benzene rings is 2. The van der Waals surface area contributed by atoms with Crippen molar-refractivity contribution < 1.29 is 4.79 Å². The van der Waals surface area contributed by atoms with Crippen LogP contribution in [0.3, 0.4) is 0 Å². The van der Waals surface area contributed by atoms with Gasteiger partial charge in [0.05, 0.1) is 17.8 Å². The molecule has 2 aromatic carbocycles. The second-order valence-electron chi connectivity index (χ2n) is 6.96. The van der Waals surface area contributed by atoms with Crippen molar-refractivity contribution in [2.75, 3.05) is 7.05 Å². The molecule has 1 amide bonds. The van der Waals surface area contributed by atoms with Crippen LogP contribution in [0.4, 0.5) is 0 Å². The van der Waals surface area contributed by atoms with Crippen molar-refractivity contribution in [3.05, 3.63) is 89.0 Å². The van der Waals surface area contributed by atoms with Gasteiger partial charge in [0.2, 0.25) is 5.91 Å². The standard InChI is InChI=1S/C23H21N3O2S/c1-16(17-9-5-3-6-10-17)25(2)21(27)14-26-15-24-22-19(23(26)28)13-20(29-22)18-11-7-4-8-12-18/h3-13,15-16H,14H2,1-2H3. The molecule has 146 valence electrons. The summed E-state index contributed by atoms with van der Waals surface area (Å²) in [5, 5.41) is 0.544. The first-order chi connectivity index (χ1) is 14.0. The molecular formula is C23H21N3O2S. The van der Waals surface area contributed by atoms with Crippen LogP contribution in [0.2, 0.25) is 0 Å². The van der Waals surface area contributed by atoms with Crippen LogP contribution in [0.15, 0.2) is 77.9 Å². The van der Waals surface area contributed by atoms with E-state index in [2.05, 4.69) is 4.98 Å². The fraction of sp³-hybridized carbons (Fsp3) is 0.174. The molecule has 5 nitrogen and oxygen atoms in total. The highest BCUT2D eigenvalue weighted by Gasteiger charge is 2.19. The van der Waals surface area contributed by atoms with Crippen LogP contribution in [-0.4, -0.2) is 27.4 Å². The summed E-state index contributed by atoms with van der Waals surface area (Å²) >= 11 is 1.48. The van der Waals surface area contributed by atoms with Gasteiger partial charge in [0.25, 0.3) is 5.56 Å². The molecule has 1 unspecified atom stereocenters. The predicted octanol–water partition coefficient (Wildman–Crippen LogP) is 4.34. The number of aromatic nitrogens is 2. The van der Waals surface area contributed by atoms with Crippen molar-refractivity contribution in [1.29, 1.82) is 0 Å². The van der Waals surface area contributed by atoms with E-state index in [0.717, 1.165) is 16.0 Å². The van der Waals surface area contributed by atoms with Gasteiger partial charge < -0.3 is 4.90 Å². The van der Waals surface area contributed by atoms with Gasteiger partial charge in [0, 0.05) is 11.9 Å². The fourth-order valence-corrected chi connectivity index (χ4v) is 4.24. The van der Waals surface area contributed by atoms with E-state index in [4.69, 9.17) is 0 Å². The molecule has 0 saturated heterocycles. The highest BCUT2D eigenvalue weighted by atomic mass is 32.1. The second-order valence-corrected chi connectivity index (χ2v) is 8.00. The minimum Gasteiger partial charge on any atom is -0.337 e. The SMILES string of the molecule is CC(c1ccccc1)N(C)C(=O)Cn1cnc2sc(-c3ccccc3)cc2c1=O. The number of hydrogen-bond donors (Lipinski definition) is 0. The Kier molecular flexibility index (Phi) is 5.27. The molecule has 0 aliphatic heterocycles. The highest BCUT2D eigenvalue weighted by molar-refractivity contribution is 7.21. The van der Waals surface area contributed by atoms with Gasteiger partial charge in [-0.25, -0.2) is 4.98 Å². The summed E-state index contributed by atoms with van der Waals surface area (Å²) in [5.41, 5.74) is 1.91. The molecular weight excluding hydrogens is 382 g/mol. The van der Waals surface area contributed by atoms with Gasteiger partial charge in [-0.2, -0.15) is 0 Å². The Morgan fingerprint density at radius 2 is 1.76 bits per heavy atom. The third-order valence-corrected chi connectivity index (χ3v) is 6.23. The van der Waals surface area contributed by atoms with E-state index in [0.29, 0.717) is 10.2 Å². The van der Waals surface area contributed by atoms with Gasteiger partial charge in [0.15, 0.2) is 0 Å². The Morgan fingerprint density at radius 3 is 2.45 bits per heavy atom. The highest BCUT2D eigenvalue weighted by Crippen LogP contribution is 2.30. The molecule has 6 heteroatoms. The van der Waals surface area contributed by atoms with Crippen LogP contribution in [0.1, 0.15) is 18.5 Å². The maximum atomic E-state index is 12.9. The number of carbonyl (C=O) groups is 1. The average molecular weight is 404 g/mol. The summed E-state index contributed by atoms with van der Waals surface area (Å²) in [6, 6.07) is 21.5. The lowest BCUT2D eigenvalue weighted by Crippen LogP contribution is -2.35. The maximum Gasteiger partial charge on any atom is 0.262 e. The Labute approximate surface area is 172 Å². The minimum atomic E-state index is -0.192. The quantitative estimate of drug-likeness (QED) is 0.498. The number of amides is 1. The lowest BCUT2D eigenvalue weighted by Gasteiger charge is -2.25. The van der Waals surface area contributed by atoms with Crippen LogP contribution in [0.5, 0.6) is 0 Å². The van der Waals surface area contributed by atoms with E-state index >= 15 is 0 Å². The summed E-state index contributed by atoms with van der Waals surface area (Å²) < 4.78 is 1.39. The number of thiophene rings is 1. The molecule has 0 N–H and O–H groups in total. The van der Waals surface area contributed by atoms with E-state index in [-0.39, 0.29) is 24.1 Å². The number of likely N-dealkylation sites (N-methyl/N-ethyl adjacent to an activating group) is 1. The number of hydrogen-bond acceptors (Lipinski definition) is 4. The van der Waals surface area contributed by atoms with Crippen molar-refractivity contribution >= 4 is 27.5 Å². The largest absolute Gasteiger partial charge is 0.337 e. The summed E-state index contributed by atoms with van der Waals surface area (Å²) in [6.45, 7) is 1.94. The van der Waals surface area contributed by atoms with Crippen molar-refractivity contribution in [1.82, 2.24) is 14.5 Å². The zero-order valence-corrected chi connectivity index (χ0v) is 17.1. The number of rotatable bonds is 5. The Balaban J connectivity index is 1.59. The van der Waals surface area contributed by atoms with Crippen LogP contribution < -0.4 is 5.56 Å². The molecule has 0 radical (unpaired) electrons. The predicted molar refractivity (Wildman–Crippen MR) is 117 cm³/mol. The lowest BCUT2D eigenvalue weighted by molar-refractivity contribution is -0.132. The maximum absolute atomic E-state index is 12.9. The van der Waals surface area contributed by atoms with Crippen molar-refractivity contribution in [2.45, 2.75) is 19.5 Å². The number of fused-ring (bicyclic) bond motifs is 1. The van der Waals surface area contributed by atoms with Crippen LogP contribution in [-0.2, 0) is 11.3 Å². The third-order valence-electron chi connectivity index (χ3n) is 5.14. The molecule has 4 rings (SSSR count). The Hall–Kier alpha value is -3.25. The van der Waals surface area contributed by atoms with Crippen LogP contribution in [0, 0.1) is 0 Å². The van der Waals surface area contributed by atoms with Gasteiger partial charge in [-0.1, -0.05) is 60.7 Å². The van der Waals surface area contributed by atoms with Gasteiger partial charge >= 0.3 is 0 Å². The van der Waals surface area contributed by atoms with Gasteiger partial charge in [-0.05, 0) is 24.1 Å². The van der Waals surface area contributed by atoms with Crippen LogP contribution in [0.25, 0.3) is 20.7 Å². The van der Waals surface area contributed by atoms with Gasteiger partial charge in [-0.15, -0.1) is 11.3 Å². The molecule has 1 atom stereocenters. The summed E-state index contributed by atoms with van der Waals surface area (Å²) in [4.78, 5) is 33.5. The molecule has 2 aromatic heterocycles. The average Bonchev–Trinajstić information content (AvgIpc) is 3.21. The monoisotopic (exact) mass is 403 g/mol. The van der Waals surface area contributed by atoms with E-state index in [9.17, 15) is 9.59 Å². The summed E-state index contributed by atoms with van der Waals surface area (Å²) in [6.07, 6.45) is 1.47. The zero-order valence-electron chi connectivity index (χ0n) is 16.3. The van der Waals surface area contributed by atoms with E-state index in [1.54, 1.807) is 11.9 Å². The smallest absolute Gasteiger partial charge is 0.262 e. The van der Waals surface area contributed by atoms with E-state index < -0.39 is 0 Å². The van der Waals surface area contributed by atoms with E-state index in [1.807, 2.05) is 73.7 Å². The van der Waals surface area contributed by atoms with Gasteiger partial charge in [0.1, 0.15) is 11.4 Å². The second kappa shape index (κ2) is 8.01. The lowest BCUT2D eigenvalue weighted by atomic mass is 10.1. The zero-order chi connectivity index (χ0) is 20.4. The summed E-state index contributed by atoms with van der Waals surface area (Å²) in [7, 11) is 1.76. The first-order valence-electron chi connectivity index (χ1n) is 9.39. The molecule has 0 aliphatic rings. The Morgan fingerprint density at radius 1 is 1.10 bits per heavy atom. The minimum absolute atomic E-state index is 0.0358. The van der Waals surface area contributed by atoms with Crippen molar-refractivity contribution in [3.63, 3.8) is 0 Å². The van der Waals surface area contributed by atoms with E-state index in [1.165, 1.54) is 22.2 Å². The van der Waals surface area contributed by atoms with Gasteiger partial charge in [-0.3, -0.25) is 14.2 Å². The molecule has 0 bridgehead atoms. The first-order valence-corrected chi connectivity index (χ1v) is 10.2. The molecule has 0 spiro atoms. The summed E-state index contributed by atoms with van der Waals surface area (Å²) in [5.74, 6) is -0.136. The molecule has 2 heterocycles. The molecule has 4 aromatic rings.